The maximum Gasteiger partial charge on any atom is 0.490 e. The number of hydrogen-bond donors (Lipinski definition) is 0. The maximum absolute atomic E-state index is 12.5. The highest BCUT2D eigenvalue weighted by Crippen LogP contribution is 2.30. The van der Waals surface area contributed by atoms with Gasteiger partial charge in [0.1, 0.15) is 0 Å². The van der Waals surface area contributed by atoms with Crippen molar-refractivity contribution in [3.63, 3.8) is 0 Å². The molecule has 21 heavy (non-hydrogen) atoms. The van der Waals surface area contributed by atoms with Crippen molar-refractivity contribution < 1.29 is 18.1 Å². The summed E-state index contributed by atoms with van der Waals surface area (Å²) in [5.41, 5.74) is -0.0315. The van der Waals surface area contributed by atoms with E-state index in [0.717, 1.165) is 12.1 Å². The van der Waals surface area contributed by atoms with Gasteiger partial charge in [0, 0.05) is 11.0 Å². The Labute approximate surface area is 117 Å². The summed E-state index contributed by atoms with van der Waals surface area (Å²) in [6.45, 7) is 2.07. The van der Waals surface area contributed by atoms with Crippen LogP contribution >= 0.6 is 0 Å². The van der Waals surface area contributed by atoms with Crippen LogP contribution < -0.4 is 0 Å². The van der Waals surface area contributed by atoms with Crippen molar-refractivity contribution in [1.29, 1.82) is 0 Å². The fourth-order valence-corrected chi connectivity index (χ4v) is 1.84. The number of benzene rings is 1. The van der Waals surface area contributed by atoms with Crippen LogP contribution in [0.3, 0.4) is 0 Å². The Balaban J connectivity index is 2.09. The molecule has 0 unspecified atom stereocenters. The van der Waals surface area contributed by atoms with Gasteiger partial charge >= 0.3 is 12.1 Å². The minimum atomic E-state index is -4.37. The van der Waals surface area contributed by atoms with Gasteiger partial charge < -0.3 is 10.1 Å². The van der Waals surface area contributed by atoms with Crippen LogP contribution in [0.4, 0.5) is 19.1 Å². The summed E-state index contributed by atoms with van der Waals surface area (Å²) >= 11 is 0. The van der Waals surface area contributed by atoms with Gasteiger partial charge in [-0.2, -0.15) is 17.9 Å². The third kappa shape index (κ3) is 3.56. The SMILES string of the molecule is C[C@H](Cn1cnc([N+](=O)[O-])n1)c1ccc(C(F)(F)F)cc1. The fourth-order valence-electron chi connectivity index (χ4n) is 1.84. The van der Waals surface area contributed by atoms with Gasteiger partial charge in [0.05, 0.1) is 12.1 Å². The largest absolute Gasteiger partial charge is 0.490 e. The fraction of sp³-hybridized carbons (Fsp3) is 0.333. The van der Waals surface area contributed by atoms with Gasteiger partial charge in [-0.05, 0) is 22.6 Å². The molecule has 1 heterocycles. The molecule has 0 amide bonds. The van der Waals surface area contributed by atoms with E-state index in [-0.39, 0.29) is 12.5 Å². The molecule has 0 aliphatic heterocycles. The van der Waals surface area contributed by atoms with E-state index >= 15 is 0 Å². The van der Waals surface area contributed by atoms with Crippen LogP contribution in [0.5, 0.6) is 0 Å². The van der Waals surface area contributed by atoms with E-state index < -0.39 is 22.6 Å². The molecule has 0 radical (unpaired) electrons. The third-order valence-corrected chi connectivity index (χ3v) is 2.96. The van der Waals surface area contributed by atoms with Crippen molar-refractivity contribution in [2.24, 2.45) is 0 Å². The molecular weight excluding hydrogens is 289 g/mol. The van der Waals surface area contributed by atoms with Gasteiger partial charge in [0.15, 0.2) is 0 Å². The summed E-state index contributed by atoms with van der Waals surface area (Å²) in [5.74, 6) is -0.664. The molecule has 0 spiro atoms. The van der Waals surface area contributed by atoms with Crippen molar-refractivity contribution in [2.45, 2.75) is 25.6 Å². The molecule has 1 atom stereocenters. The summed E-state index contributed by atoms with van der Waals surface area (Å²) in [6.07, 6.45) is -3.15. The van der Waals surface area contributed by atoms with Crippen LogP contribution in [0.15, 0.2) is 30.6 Å². The zero-order valence-electron chi connectivity index (χ0n) is 10.9. The molecule has 9 heteroatoms. The van der Waals surface area contributed by atoms with Crippen LogP contribution in [-0.4, -0.2) is 19.7 Å². The van der Waals surface area contributed by atoms with Crippen LogP contribution in [0.2, 0.25) is 0 Å². The number of aromatic nitrogens is 3. The molecule has 6 nitrogen and oxygen atoms in total. The lowest BCUT2D eigenvalue weighted by Gasteiger charge is -2.12. The van der Waals surface area contributed by atoms with Crippen LogP contribution in [0, 0.1) is 10.1 Å². The number of rotatable bonds is 4. The smallest absolute Gasteiger partial charge is 0.390 e. The number of hydrogen-bond acceptors (Lipinski definition) is 4. The number of alkyl halides is 3. The number of nitrogens with zero attached hydrogens (tertiary/aromatic N) is 4. The molecule has 0 saturated carbocycles. The summed E-state index contributed by atoms with van der Waals surface area (Å²) in [7, 11) is 0. The molecule has 0 saturated heterocycles. The average Bonchev–Trinajstić information content (AvgIpc) is 2.86. The lowest BCUT2D eigenvalue weighted by Crippen LogP contribution is -2.09. The Hall–Kier alpha value is -2.45. The van der Waals surface area contributed by atoms with Gasteiger partial charge in [-0.3, -0.25) is 0 Å². The molecule has 1 aromatic carbocycles. The molecule has 2 aromatic rings. The third-order valence-electron chi connectivity index (χ3n) is 2.96. The van der Waals surface area contributed by atoms with E-state index in [0.29, 0.717) is 5.56 Å². The monoisotopic (exact) mass is 300 g/mol. The van der Waals surface area contributed by atoms with Crippen molar-refractivity contribution in [3.8, 4) is 0 Å². The van der Waals surface area contributed by atoms with Gasteiger partial charge in [0.25, 0.3) is 0 Å². The van der Waals surface area contributed by atoms with Crippen LogP contribution in [-0.2, 0) is 12.7 Å². The minimum absolute atomic E-state index is 0.159. The summed E-state index contributed by atoms with van der Waals surface area (Å²) in [6, 6.07) is 4.79. The first kappa shape index (κ1) is 14.9. The average molecular weight is 300 g/mol. The Kier molecular flexibility index (Phi) is 3.92. The zero-order chi connectivity index (χ0) is 15.6. The molecule has 0 bridgehead atoms. The normalized spacial score (nSPS) is 13.1. The van der Waals surface area contributed by atoms with Gasteiger partial charge in [-0.15, -0.1) is 0 Å². The molecule has 0 N–H and O–H groups in total. The van der Waals surface area contributed by atoms with E-state index in [9.17, 15) is 23.3 Å². The quantitative estimate of drug-likeness (QED) is 0.642. The van der Waals surface area contributed by atoms with E-state index in [1.807, 2.05) is 0 Å². The lowest BCUT2D eigenvalue weighted by atomic mass is 10.00. The predicted octanol–water partition coefficient (Wildman–Crippen LogP) is 3.01. The van der Waals surface area contributed by atoms with Gasteiger partial charge in [0.2, 0.25) is 6.33 Å². The maximum atomic E-state index is 12.5. The van der Waals surface area contributed by atoms with Crippen LogP contribution in [0.25, 0.3) is 0 Å². The van der Waals surface area contributed by atoms with E-state index in [1.165, 1.54) is 23.1 Å². The highest BCUT2D eigenvalue weighted by atomic mass is 19.4. The number of nitro groups is 1. The van der Waals surface area contributed by atoms with E-state index in [4.69, 9.17) is 0 Å². The summed E-state index contributed by atoms with van der Waals surface area (Å²) in [4.78, 5) is 13.3. The number of halogens is 3. The highest BCUT2D eigenvalue weighted by molar-refractivity contribution is 5.26. The minimum Gasteiger partial charge on any atom is -0.390 e. The second kappa shape index (κ2) is 5.51. The molecule has 0 aliphatic rings. The highest BCUT2D eigenvalue weighted by Gasteiger charge is 2.30. The molecule has 2 rings (SSSR count). The van der Waals surface area contributed by atoms with Gasteiger partial charge in [-0.1, -0.05) is 24.0 Å². The van der Waals surface area contributed by atoms with Crippen LogP contribution in [0.1, 0.15) is 24.0 Å². The molecule has 0 fully saturated rings. The predicted molar refractivity (Wildman–Crippen MR) is 66.5 cm³/mol. The molecular formula is C12H11F3N4O2. The topological polar surface area (TPSA) is 73.8 Å². The first-order valence-corrected chi connectivity index (χ1v) is 5.98. The Morgan fingerprint density at radius 2 is 1.95 bits per heavy atom. The first-order chi connectivity index (χ1) is 9.77. The van der Waals surface area contributed by atoms with Crippen molar-refractivity contribution in [1.82, 2.24) is 14.8 Å². The summed E-state index contributed by atoms with van der Waals surface area (Å²) < 4.78 is 38.7. The van der Waals surface area contributed by atoms with E-state index in [1.54, 1.807) is 6.92 Å². The zero-order valence-corrected chi connectivity index (χ0v) is 10.9. The van der Waals surface area contributed by atoms with Crippen molar-refractivity contribution in [2.75, 3.05) is 0 Å². The second-order valence-corrected chi connectivity index (χ2v) is 4.54. The standard InChI is InChI=1S/C12H11F3N4O2/c1-8(6-18-7-16-11(17-18)19(20)21)9-2-4-10(5-3-9)12(13,14)15/h2-5,7-8H,6H2,1H3/t8-/m1/s1. The molecule has 0 aliphatic carbocycles. The molecule has 112 valence electrons. The first-order valence-electron chi connectivity index (χ1n) is 5.98. The Morgan fingerprint density at radius 3 is 2.43 bits per heavy atom. The van der Waals surface area contributed by atoms with Crippen molar-refractivity contribution in [3.05, 3.63) is 51.8 Å². The Bertz CT molecular complexity index is 637. The lowest BCUT2D eigenvalue weighted by molar-refractivity contribution is -0.394. The summed E-state index contributed by atoms with van der Waals surface area (Å²) in [5, 5.41) is 14.1. The Morgan fingerprint density at radius 1 is 1.33 bits per heavy atom. The second-order valence-electron chi connectivity index (χ2n) is 4.54. The van der Waals surface area contributed by atoms with E-state index in [2.05, 4.69) is 10.1 Å². The molecule has 1 aromatic heterocycles. The van der Waals surface area contributed by atoms with Gasteiger partial charge in [-0.25, -0.2) is 0 Å². The van der Waals surface area contributed by atoms with Crippen molar-refractivity contribution >= 4 is 5.95 Å².